The third-order valence-electron chi connectivity index (χ3n) is 4.69. The van der Waals surface area contributed by atoms with Crippen LogP contribution in [-0.2, 0) is 0 Å². The zero-order valence-corrected chi connectivity index (χ0v) is 17.8. The molecule has 0 aliphatic rings. The molecule has 0 saturated carbocycles. The van der Waals surface area contributed by atoms with Crippen molar-refractivity contribution in [1.29, 1.82) is 0 Å². The summed E-state index contributed by atoms with van der Waals surface area (Å²) in [5, 5.41) is 4.10. The lowest BCUT2D eigenvalue weighted by Gasteiger charge is -2.21. The smallest absolute Gasteiger partial charge is 0.257 e. The van der Waals surface area contributed by atoms with Crippen molar-refractivity contribution in [2.24, 2.45) is 0 Å². The number of halogens is 1. The summed E-state index contributed by atoms with van der Waals surface area (Å²) in [4.78, 5) is 35.4. The molecule has 1 N–H and O–H groups in total. The number of carbonyl (C=O) groups excluding carboxylic acids is 2. The number of nitrogens with one attached hydrogen (secondary N) is 1. The average Bonchev–Trinajstić information content (AvgIpc) is 2.69. The second kappa shape index (κ2) is 9.47. The van der Waals surface area contributed by atoms with Gasteiger partial charge < -0.3 is 10.2 Å². The molecular weight excluding hydrogens is 388 g/mol. The standard InChI is InChI=1S/C22H24N4O2.ClH/c1-5-26(6-2)22(28)19-13-23-21-18(11-10-14(3)24-21)20(19)25-17-9-7-8-16(12-17)15(4)27;/h7-13H,5-6H2,1-4H3,(H,23,24,25);1H. The van der Waals surface area contributed by atoms with E-state index in [4.69, 9.17) is 0 Å². The van der Waals surface area contributed by atoms with Gasteiger partial charge >= 0.3 is 0 Å². The van der Waals surface area contributed by atoms with E-state index in [1.165, 1.54) is 6.92 Å². The van der Waals surface area contributed by atoms with Crippen molar-refractivity contribution in [1.82, 2.24) is 14.9 Å². The molecule has 1 aromatic carbocycles. The van der Waals surface area contributed by atoms with E-state index in [9.17, 15) is 9.59 Å². The Morgan fingerprint density at radius 2 is 1.83 bits per heavy atom. The fourth-order valence-corrected chi connectivity index (χ4v) is 3.11. The maximum Gasteiger partial charge on any atom is 0.257 e. The summed E-state index contributed by atoms with van der Waals surface area (Å²) in [5.41, 5.74) is 3.89. The number of Topliss-reactive ketones (excluding diaryl/α,β-unsaturated/α-hetero) is 1. The Labute approximate surface area is 176 Å². The third kappa shape index (κ3) is 4.71. The summed E-state index contributed by atoms with van der Waals surface area (Å²) >= 11 is 0. The van der Waals surface area contributed by atoms with Crippen molar-refractivity contribution in [2.45, 2.75) is 27.7 Å². The van der Waals surface area contributed by atoms with Crippen molar-refractivity contribution >= 4 is 46.5 Å². The first-order chi connectivity index (χ1) is 13.4. The largest absolute Gasteiger partial charge is 0.354 e. The molecule has 0 atom stereocenters. The van der Waals surface area contributed by atoms with Gasteiger partial charge in [0.25, 0.3) is 5.91 Å². The molecule has 2 aromatic heterocycles. The van der Waals surface area contributed by atoms with Crippen LogP contribution in [-0.4, -0.2) is 39.6 Å². The predicted molar refractivity (Wildman–Crippen MR) is 119 cm³/mol. The van der Waals surface area contributed by atoms with Crippen LogP contribution in [0.15, 0.2) is 42.6 Å². The first kappa shape index (κ1) is 22.3. The SMILES string of the molecule is CCN(CC)C(=O)c1cnc2nc(C)ccc2c1Nc1cccc(C(C)=O)c1.Cl. The van der Waals surface area contributed by atoms with E-state index in [2.05, 4.69) is 15.3 Å². The molecule has 2 heterocycles. The topological polar surface area (TPSA) is 75.2 Å². The molecule has 7 heteroatoms. The molecule has 29 heavy (non-hydrogen) atoms. The molecule has 1 amide bonds. The van der Waals surface area contributed by atoms with Gasteiger partial charge in [-0.25, -0.2) is 9.97 Å². The Balaban J connectivity index is 0.00000300. The van der Waals surface area contributed by atoms with Gasteiger partial charge in [-0.15, -0.1) is 12.4 Å². The molecule has 0 unspecified atom stereocenters. The van der Waals surface area contributed by atoms with Crippen molar-refractivity contribution in [2.75, 3.05) is 18.4 Å². The molecular formula is C22H25ClN4O2. The first-order valence-corrected chi connectivity index (χ1v) is 9.38. The highest BCUT2D eigenvalue weighted by Gasteiger charge is 2.20. The number of pyridine rings is 2. The number of carbonyl (C=O) groups is 2. The zero-order valence-electron chi connectivity index (χ0n) is 17.0. The van der Waals surface area contributed by atoms with E-state index in [1.807, 2.05) is 45.0 Å². The molecule has 0 fully saturated rings. The van der Waals surface area contributed by atoms with Crippen LogP contribution >= 0.6 is 12.4 Å². The number of rotatable bonds is 6. The molecule has 6 nitrogen and oxygen atoms in total. The van der Waals surface area contributed by atoms with Gasteiger partial charge in [0.05, 0.1) is 11.3 Å². The lowest BCUT2D eigenvalue weighted by Crippen LogP contribution is -2.31. The number of benzene rings is 1. The Kier molecular flexibility index (Phi) is 7.29. The van der Waals surface area contributed by atoms with Crippen LogP contribution < -0.4 is 5.32 Å². The number of hydrogen-bond donors (Lipinski definition) is 1. The highest BCUT2D eigenvalue weighted by atomic mass is 35.5. The van der Waals surface area contributed by atoms with Crippen LogP contribution in [0.2, 0.25) is 0 Å². The van der Waals surface area contributed by atoms with Crippen LogP contribution in [0.1, 0.15) is 47.2 Å². The molecule has 0 bridgehead atoms. The van der Waals surface area contributed by atoms with Gasteiger partial charge in [-0.2, -0.15) is 0 Å². The number of ketones is 1. The first-order valence-electron chi connectivity index (χ1n) is 9.38. The van der Waals surface area contributed by atoms with Gasteiger partial charge in [0, 0.05) is 41.6 Å². The highest BCUT2D eigenvalue weighted by Crippen LogP contribution is 2.30. The van der Waals surface area contributed by atoms with Gasteiger partial charge in [0.1, 0.15) is 0 Å². The highest BCUT2D eigenvalue weighted by molar-refractivity contribution is 6.07. The normalized spacial score (nSPS) is 10.3. The van der Waals surface area contributed by atoms with Crippen molar-refractivity contribution in [3.63, 3.8) is 0 Å². The lowest BCUT2D eigenvalue weighted by atomic mass is 10.1. The number of amides is 1. The molecule has 0 saturated heterocycles. The van der Waals surface area contributed by atoms with Crippen LogP contribution in [0.25, 0.3) is 11.0 Å². The fraction of sp³-hybridized carbons (Fsp3) is 0.273. The Hall–Kier alpha value is -2.99. The zero-order chi connectivity index (χ0) is 20.3. The van der Waals surface area contributed by atoms with Crippen molar-refractivity contribution < 1.29 is 9.59 Å². The van der Waals surface area contributed by atoms with Gasteiger partial charge in [-0.05, 0) is 52.0 Å². The number of hydrogen-bond acceptors (Lipinski definition) is 5. The molecule has 0 aliphatic carbocycles. The number of nitrogens with zero attached hydrogens (tertiary/aromatic N) is 3. The molecule has 152 valence electrons. The molecule has 0 radical (unpaired) electrons. The van der Waals surface area contributed by atoms with E-state index in [0.717, 1.165) is 16.8 Å². The minimum Gasteiger partial charge on any atom is -0.354 e. The van der Waals surface area contributed by atoms with E-state index in [-0.39, 0.29) is 24.1 Å². The van der Waals surface area contributed by atoms with Crippen LogP contribution in [0.5, 0.6) is 0 Å². The Bertz CT molecular complexity index is 1050. The van der Waals surface area contributed by atoms with Gasteiger partial charge in [0.2, 0.25) is 0 Å². The summed E-state index contributed by atoms with van der Waals surface area (Å²) in [6.07, 6.45) is 1.58. The van der Waals surface area contributed by atoms with Crippen molar-refractivity contribution in [3.05, 3.63) is 59.4 Å². The van der Waals surface area contributed by atoms with E-state index >= 15 is 0 Å². The summed E-state index contributed by atoms with van der Waals surface area (Å²) in [7, 11) is 0. The Morgan fingerprint density at radius 1 is 1.10 bits per heavy atom. The second-order valence-corrected chi connectivity index (χ2v) is 6.61. The van der Waals surface area contributed by atoms with Gasteiger partial charge in [0.15, 0.2) is 11.4 Å². The van der Waals surface area contributed by atoms with Gasteiger partial charge in [-0.3, -0.25) is 9.59 Å². The Morgan fingerprint density at radius 3 is 2.48 bits per heavy atom. The number of aryl methyl sites for hydroxylation is 1. The average molecular weight is 413 g/mol. The van der Waals surface area contributed by atoms with E-state index in [1.54, 1.807) is 23.2 Å². The maximum absolute atomic E-state index is 13.1. The van der Waals surface area contributed by atoms with E-state index < -0.39 is 0 Å². The summed E-state index contributed by atoms with van der Waals surface area (Å²) in [5.74, 6) is -0.106. The fourth-order valence-electron chi connectivity index (χ4n) is 3.11. The summed E-state index contributed by atoms with van der Waals surface area (Å²) < 4.78 is 0. The van der Waals surface area contributed by atoms with Crippen LogP contribution in [0.3, 0.4) is 0 Å². The molecule has 3 rings (SSSR count). The summed E-state index contributed by atoms with van der Waals surface area (Å²) in [6, 6.07) is 11.0. The molecule has 0 spiro atoms. The molecule has 0 aliphatic heterocycles. The molecule has 3 aromatic rings. The number of fused-ring (bicyclic) bond motifs is 1. The predicted octanol–water partition coefficient (Wildman–Crippen LogP) is 4.79. The van der Waals surface area contributed by atoms with E-state index in [0.29, 0.717) is 35.6 Å². The number of aromatic nitrogens is 2. The van der Waals surface area contributed by atoms with Crippen LogP contribution in [0.4, 0.5) is 11.4 Å². The van der Waals surface area contributed by atoms with Crippen LogP contribution in [0, 0.1) is 6.92 Å². The number of anilines is 2. The third-order valence-corrected chi connectivity index (χ3v) is 4.69. The minimum atomic E-state index is -0.0924. The van der Waals surface area contributed by atoms with Crippen molar-refractivity contribution in [3.8, 4) is 0 Å². The second-order valence-electron chi connectivity index (χ2n) is 6.61. The monoisotopic (exact) mass is 412 g/mol. The quantitative estimate of drug-likeness (QED) is 0.589. The maximum atomic E-state index is 13.1. The van der Waals surface area contributed by atoms with Gasteiger partial charge in [-0.1, -0.05) is 12.1 Å². The lowest BCUT2D eigenvalue weighted by molar-refractivity contribution is 0.0773. The minimum absolute atomic E-state index is 0. The summed E-state index contributed by atoms with van der Waals surface area (Å²) in [6.45, 7) is 8.55.